The number of hydrogen-bond donors (Lipinski definition) is 1. The van der Waals surface area contributed by atoms with Gasteiger partial charge >= 0.3 is 0 Å². The van der Waals surface area contributed by atoms with Gasteiger partial charge in [-0.2, -0.15) is 0 Å². The van der Waals surface area contributed by atoms with E-state index in [0.29, 0.717) is 35.6 Å². The van der Waals surface area contributed by atoms with E-state index in [1.807, 2.05) is 31.2 Å². The molecule has 2 aromatic rings. The number of aromatic nitrogens is 1. The van der Waals surface area contributed by atoms with E-state index in [-0.39, 0.29) is 0 Å². The van der Waals surface area contributed by atoms with E-state index in [1.54, 1.807) is 12.3 Å². The summed E-state index contributed by atoms with van der Waals surface area (Å²) in [4.78, 5) is 4.14. The second kappa shape index (κ2) is 7.12. The predicted octanol–water partition coefficient (Wildman–Crippen LogP) is 3.77. The molecule has 0 aliphatic carbocycles. The maximum Gasteiger partial charge on any atom is 0.238 e. The van der Waals surface area contributed by atoms with Crippen molar-refractivity contribution in [1.82, 2.24) is 4.98 Å². The number of pyridine rings is 1. The Balaban J connectivity index is 2.26. The van der Waals surface area contributed by atoms with Gasteiger partial charge in [0, 0.05) is 12.7 Å². The van der Waals surface area contributed by atoms with Crippen LogP contribution in [-0.4, -0.2) is 11.6 Å². The molecule has 0 aliphatic rings. The highest BCUT2D eigenvalue weighted by Crippen LogP contribution is 2.34. The summed E-state index contributed by atoms with van der Waals surface area (Å²) in [7, 11) is 0. The Morgan fingerprint density at radius 2 is 1.95 bits per heavy atom. The third-order valence-corrected chi connectivity index (χ3v) is 3.08. The van der Waals surface area contributed by atoms with Crippen molar-refractivity contribution in [3.05, 3.63) is 47.1 Å². The van der Waals surface area contributed by atoms with E-state index in [0.717, 1.165) is 12.0 Å². The second-order valence-electron chi connectivity index (χ2n) is 4.19. The van der Waals surface area contributed by atoms with Gasteiger partial charge in [-0.1, -0.05) is 30.7 Å². The molecule has 106 valence electrons. The van der Waals surface area contributed by atoms with Crippen LogP contribution in [0.4, 0.5) is 0 Å². The molecule has 0 unspecified atom stereocenters. The molecule has 2 N–H and O–H groups in total. The highest BCUT2D eigenvalue weighted by molar-refractivity contribution is 6.32. The van der Waals surface area contributed by atoms with E-state index in [4.69, 9.17) is 26.8 Å². The van der Waals surface area contributed by atoms with Crippen LogP contribution in [0.5, 0.6) is 17.4 Å². The summed E-state index contributed by atoms with van der Waals surface area (Å²) in [6.07, 6.45) is 2.55. The molecule has 0 saturated heterocycles. The van der Waals surface area contributed by atoms with Gasteiger partial charge in [0.15, 0.2) is 11.5 Å². The first-order valence-electron chi connectivity index (χ1n) is 6.49. The number of para-hydroxylation sites is 2. The summed E-state index contributed by atoms with van der Waals surface area (Å²) < 4.78 is 11.4. The third-order valence-electron chi connectivity index (χ3n) is 2.67. The number of hydrogen-bond acceptors (Lipinski definition) is 4. The van der Waals surface area contributed by atoms with Gasteiger partial charge in [0.2, 0.25) is 5.88 Å². The van der Waals surface area contributed by atoms with E-state index >= 15 is 0 Å². The molecule has 4 nitrogen and oxygen atoms in total. The maximum atomic E-state index is 6.21. The number of halogens is 1. The smallest absolute Gasteiger partial charge is 0.238 e. The minimum atomic E-state index is 0.335. The summed E-state index contributed by atoms with van der Waals surface area (Å²) in [5.74, 6) is 1.59. The van der Waals surface area contributed by atoms with Crippen LogP contribution in [0.15, 0.2) is 36.5 Å². The Kier molecular flexibility index (Phi) is 5.21. The summed E-state index contributed by atoms with van der Waals surface area (Å²) in [6, 6.07) is 9.20. The van der Waals surface area contributed by atoms with Crippen molar-refractivity contribution in [1.29, 1.82) is 0 Å². The van der Waals surface area contributed by atoms with Crippen molar-refractivity contribution in [2.24, 2.45) is 5.73 Å². The Morgan fingerprint density at radius 3 is 2.65 bits per heavy atom. The fourth-order valence-electron chi connectivity index (χ4n) is 1.66. The number of rotatable bonds is 6. The summed E-state index contributed by atoms with van der Waals surface area (Å²) >= 11 is 6.21. The van der Waals surface area contributed by atoms with Crippen LogP contribution >= 0.6 is 11.6 Å². The van der Waals surface area contributed by atoms with Gasteiger partial charge in [0.1, 0.15) is 5.02 Å². The molecule has 0 saturated carbocycles. The number of ether oxygens (including phenoxy) is 2. The molecular weight excluding hydrogens is 276 g/mol. The largest absolute Gasteiger partial charge is 0.490 e. The van der Waals surface area contributed by atoms with Crippen LogP contribution in [0.3, 0.4) is 0 Å². The average molecular weight is 293 g/mol. The summed E-state index contributed by atoms with van der Waals surface area (Å²) in [6.45, 7) is 3.02. The molecule has 0 fully saturated rings. The van der Waals surface area contributed by atoms with E-state index in [2.05, 4.69) is 4.98 Å². The minimum absolute atomic E-state index is 0.335. The zero-order valence-electron chi connectivity index (χ0n) is 11.3. The normalized spacial score (nSPS) is 10.3. The maximum absolute atomic E-state index is 6.21. The predicted molar refractivity (Wildman–Crippen MR) is 79.4 cm³/mol. The lowest BCUT2D eigenvalue weighted by Gasteiger charge is -2.12. The zero-order valence-corrected chi connectivity index (χ0v) is 12.1. The molecule has 0 radical (unpaired) electrons. The number of nitrogens with two attached hydrogens (primary N) is 1. The van der Waals surface area contributed by atoms with Crippen LogP contribution < -0.4 is 15.2 Å². The highest BCUT2D eigenvalue weighted by Gasteiger charge is 2.11. The first-order valence-corrected chi connectivity index (χ1v) is 6.87. The van der Waals surface area contributed by atoms with Crippen LogP contribution in [0.2, 0.25) is 5.02 Å². The third kappa shape index (κ3) is 3.40. The van der Waals surface area contributed by atoms with Crippen LogP contribution in [0.1, 0.15) is 18.9 Å². The number of benzene rings is 1. The van der Waals surface area contributed by atoms with Gasteiger partial charge < -0.3 is 15.2 Å². The Morgan fingerprint density at radius 1 is 1.20 bits per heavy atom. The molecule has 0 bridgehead atoms. The van der Waals surface area contributed by atoms with E-state index in [9.17, 15) is 0 Å². The molecule has 0 aliphatic heterocycles. The van der Waals surface area contributed by atoms with Crippen molar-refractivity contribution >= 4 is 11.6 Å². The molecule has 1 heterocycles. The topological polar surface area (TPSA) is 57.4 Å². The van der Waals surface area contributed by atoms with Crippen molar-refractivity contribution in [2.75, 3.05) is 6.61 Å². The first-order chi connectivity index (χ1) is 9.76. The van der Waals surface area contributed by atoms with Gasteiger partial charge in [-0.25, -0.2) is 4.98 Å². The van der Waals surface area contributed by atoms with Crippen molar-refractivity contribution in [3.63, 3.8) is 0 Å². The van der Waals surface area contributed by atoms with Crippen LogP contribution in [0.25, 0.3) is 0 Å². The second-order valence-corrected chi connectivity index (χ2v) is 4.57. The van der Waals surface area contributed by atoms with Crippen molar-refractivity contribution in [2.45, 2.75) is 19.9 Å². The molecule has 5 heteroatoms. The quantitative estimate of drug-likeness (QED) is 0.880. The molecular formula is C15H17ClN2O2. The molecule has 1 aromatic heterocycles. The molecule has 0 amide bonds. The molecule has 2 rings (SSSR count). The minimum Gasteiger partial charge on any atom is -0.490 e. The lowest BCUT2D eigenvalue weighted by Crippen LogP contribution is -2.01. The van der Waals surface area contributed by atoms with Gasteiger partial charge in [-0.3, -0.25) is 0 Å². The van der Waals surface area contributed by atoms with E-state index < -0.39 is 0 Å². The average Bonchev–Trinajstić information content (AvgIpc) is 2.48. The molecule has 1 aromatic carbocycles. The summed E-state index contributed by atoms with van der Waals surface area (Å²) in [5, 5.41) is 0.431. The monoisotopic (exact) mass is 292 g/mol. The molecule has 20 heavy (non-hydrogen) atoms. The Labute approximate surface area is 123 Å². The van der Waals surface area contributed by atoms with Gasteiger partial charge in [-0.05, 0) is 30.2 Å². The van der Waals surface area contributed by atoms with Crippen LogP contribution in [-0.2, 0) is 6.54 Å². The van der Waals surface area contributed by atoms with Gasteiger partial charge in [0.25, 0.3) is 0 Å². The van der Waals surface area contributed by atoms with E-state index in [1.165, 1.54) is 0 Å². The SMILES string of the molecule is CCCOc1ccccc1Oc1nccc(CN)c1Cl. The van der Waals surface area contributed by atoms with Crippen molar-refractivity contribution in [3.8, 4) is 17.4 Å². The molecule has 0 atom stereocenters. The van der Waals surface area contributed by atoms with Crippen LogP contribution in [0, 0.1) is 0 Å². The fraction of sp³-hybridized carbons (Fsp3) is 0.267. The Bertz CT molecular complexity index is 576. The van der Waals surface area contributed by atoms with Crippen molar-refractivity contribution < 1.29 is 9.47 Å². The Hall–Kier alpha value is -1.78. The zero-order chi connectivity index (χ0) is 14.4. The fourth-order valence-corrected chi connectivity index (χ4v) is 1.89. The standard InChI is InChI=1S/C15H17ClN2O2/c1-2-9-19-12-5-3-4-6-13(12)20-15-14(16)11(10-17)7-8-18-15/h3-8H,2,9-10,17H2,1H3. The van der Waals surface area contributed by atoms with Gasteiger partial charge in [-0.15, -0.1) is 0 Å². The lowest BCUT2D eigenvalue weighted by molar-refractivity contribution is 0.301. The first kappa shape index (κ1) is 14.6. The molecule has 0 spiro atoms. The number of nitrogens with zero attached hydrogens (tertiary/aromatic N) is 1. The summed E-state index contributed by atoms with van der Waals surface area (Å²) in [5.41, 5.74) is 6.41. The highest BCUT2D eigenvalue weighted by atomic mass is 35.5. The van der Waals surface area contributed by atoms with Gasteiger partial charge in [0.05, 0.1) is 6.61 Å². The lowest BCUT2D eigenvalue weighted by atomic mass is 10.2.